The lowest BCUT2D eigenvalue weighted by molar-refractivity contribution is -0.139. The van der Waals surface area contributed by atoms with Crippen LogP contribution in [0.5, 0.6) is 0 Å². The van der Waals surface area contributed by atoms with Gasteiger partial charge in [-0.15, -0.1) is 0 Å². The van der Waals surface area contributed by atoms with E-state index < -0.39 is 35.6 Å². The fourth-order valence-electron chi connectivity index (χ4n) is 4.84. The fraction of sp³-hybridized carbons (Fsp3) is 0.133. The molecule has 1 aliphatic carbocycles. The molecule has 0 bridgehead atoms. The topological polar surface area (TPSA) is 75.6 Å². The molecule has 5 rings (SSSR count). The van der Waals surface area contributed by atoms with Gasteiger partial charge in [-0.2, -0.15) is 0 Å². The molecule has 8 heteroatoms. The van der Waals surface area contributed by atoms with E-state index in [0.717, 1.165) is 22.3 Å². The number of amides is 1. The Balaban J connectivity index is 1.24. The fourth-order valence-corrected chi connectivity index (χ4v) is 4.84. The summed E-state index contributed by atoms with van der Waals surface area (Å²) in [6.07, 6.45) is -0.958. The Morgan fingerprint density at radius 3 is 1.95 bits per heavy atom. The SMILES string of the molecule is O=C(N[C@@H](Cc1ccc(-c2c(F)cc(F)cc2F)cc1)C(=O)O)OCC1c2ccccc2-c2ccccc21. The minimum atomic E-state index is -1.30. The van der Waals surface area contributed by atoms with Crippen LogP contribution in [-0.2, 0) is 16.0 Å². The number of benzene rings is 4. The number of halogens is 3. The Morgan fingerprint density at radius 1 is 0.842 bits per heavy atom. The van der Waals surface area contributed by atoms with Gasteiger partial charge in [0.1, 0.15) is 30.1 Å². The Labute approximate surface area is 216 Å². The van der Waals surface area contributed by atoms with E-state index in [1.54, 1.807) is 0 Å². The van der Waals surface area contributed by atoms with Crippen LogP contribution < -0.4 is 5.32 Å². The van der Waals surface area contributed by atoms with E-state index in [2.05, 4.69) is 5.32 Å². The summed E-state index contributed by atoms with van der Waals surface area (Å²) in [6.45, 7) is 0.0374. The molecule has 0 heterocycles. The summed E-state index contributed by atoms with van der Waals surface area (Å²) in [4.78, 5) is 24.4. The molecule has 1 amide bonds. The summed E-state index contributed by atoms with van der Waals surface area (Å²) in [7, 11) is 0. The number of ether oxygens (including phenoxy) is 1. The smallest absolute Gasteiger partial charge is 0.407 e. The molecular weight excluding hydrogens is 495 g/mol. The molecule has 0 fully saturated rings. The summed E-state index contributed by atoms with van der Waals surface area (Å²) in [5.74, 6) is -4.55. The average Bonchev–Trinajstić information content (AvgIpc) is 3.21. The molecule has 4 aromatic carbocycles. The molecule has 0 spiro atoms. The molecule has 2 N–H and O–H groups in total. The molecule has 1 atom stereocenters. The second kappa shape index (κ2) is 10.4. The molecule has 0 saturated heterocycles. The number of nitrogens with one attached hydrogen (secondary N) is 1. The minimum Gasteiger partial charge on any atom is -0.480 e. The first-order valence-corrected chi connectivity index (χ1v) is 11.9. The summed E-state index contributed by atoms with van der Waals surface area (Å²) < 4.78 is 46.8. The lowest BCUT2D eigenvalue weighted by Gasteiger charge is -2.18. The highest BCUT2D eigenvalue weighted by atomic mass is 19.1. The lowest BCUT2D eigenvalue weighted by atomic mass is 9.98. The minimum absolute atomic E-state index is 0.0374. The van der Waals surface area contributed by atoms with Gasteiger partial charge < -0.3 is 15.2 Å². The largest absolute Gasteiger partial charge is 0.480 e. The van der Waals surface area contributed by atoms with E-state index in [-0.39, 0.29) is 30.1 Å². The predicted molar refractivity (Wildman–Crippen MR) is 135 cm³/mol. The lowest BCUT2D eigenvalue weighted by Crippen LogP contribution is -2.42. The van der Waals surface area contributed by atoms with Crippen molar-refractivity contribution in [3.05, 3.63) is 119 Å². The van der Waals surface area contributed by atoms with Crippen LogP contribution in [0.1, 0.15) is 22.6 Å². The van der Waals surface area contributed by atoms with E-state index in [1.807, 2.05) is 48.5 Å². The Morgan fingerprint density at radius 2 is 1.39 bits per heavy atom. The van der Waals surface area contributed by atoms with Gasteiger partial charge >= 0.3 is 12.1 Å². The Bertz CT molecular complexity index is 1450. The van der Waals surface area contributed by atoms with Gasteiger partial charge in [-0.05, 0) is 33.4 Å². The number of carbonyl (C=O) groups is 2. The average molecular weight is 518 g/mol. The Hall–Kier alpha value is -4.59. The number of fused-ring (bicyclic) bond motifs is 3. The van der Waals surface area contributed by atoms with Gasteiger partial charge in [0.05, 0.1) is 5.56 Å². The third-order valence-corrected chi connectivity index (χ3v) is 6.62. The van der Waals surface area contributed by atoms with Crippen LogP contribution in [0, 0.1) is 17.5 Å². The van der Waals surface area contributed by atoms with Crippen LogP contribution in [0.4, 0.5) is 18.0 Å². The molecule has 38 heavy (non-hydrogen) atoms. The van der Waals surface area contributed by atoms with Gasteiger partial charge in [0, 0.05) is 24.5 Å². The molecule has 0 unspecified atom stereocenters. The molecule has 0 aliphatic heterocycles. The summed E-state index contributed by atoms with van der Waals surface area (Å²) >= 11 is 0. The van der Waals surface area contributed by atoms with Crippen molar-refractivity contribution in [3.8, 4) is 22.3 Å². The maximum Gasteiger partial charge on any atom is 0.407 e. The highest BCUT2D eigenvalue weighted by Gasteiger charge is 2.30. The van der Waals surface area contributed by atoms with Crippen molar-refractivity contribution < 1.29 is 32.6 Å². The van der Waals surface area contributed by atoms with Crippen LogP contribution in [0.2, 0.25) is 0 Å². The number of carboxylic acid groups (broad SMARTS) is 1. The highest BCUT2D eigenvalue weighted by molar-refractivity contribution is 5.81. The second-order valence-corrected chi connectivity index (χ2v) is 9.01. The summed E-state index contributed by atoms with van der Waals surface area (Å²) in [6, 6.07) is 21.4. The van der Waals surface area contributed by atoms with Crippen LogP contribution >= 0.6 is 0 Å². The van der Waals surface area contributed by atoms with Crippen molar-refractivity contribution in [2.45, 2.75) is 18.4 Å². The van der Waals surface area contributed by atoms with Crippen molar-refractivity contribution in [2.24, 2.45) is 0 Å². The van der Waals surface area contributed by atoms with E-state index in [0.29, 0.717) is 17.7 Å². The monoisotopic (exact) mass is 517 g/mol. The van der Waals surface area contributed by atoms with Crippen LogP contribution in [0.25, 0.3) is 22.3 Å². The van der Waals surface area contributed by atoms with Crippen LogP contribution in [0.3, 0.4) is 0 Å². The third kappa shape index (κ3) is 4.98. The molecule has 0 aromatic heterocycles. The predicted octanol–water partition coefficient (Wildman–Crippen LogP) is 6.31. The molecule has 0 radical (unpaired) electrons. The normalized spacial score (nSPS) is 12.9. The number of hydrogen-bond acceptors (Lipinski definition) is 3. The molecule has 4 aromatic rings. The van der Waals surface area contributed by atoms with Gasteiger partial charge in [0.25, 0.3) is 0 Å². The van der Waals surface area contributed by atoms with Crippen molar-refractivity contribution in [1.82, 2.24) is 5.32 Å². The number of aliphatic carboxylic acids is 1. The second-order valence-electron chi connectivity index (χ2n) is 9.01. The van der Waals surface area contributed by atoms with E-state index in [4.69, 9.17) is 4.74 Å². The first-order valence-electron chi connectivity index (χ1n) is 11.9. The zero-order chi connectivity index (χ0) is 26.8. The van der Waals surface area contributed by atoms with E-state index in [1.165, 1.54) is 24.3 Å². The number of rotatable bonds is 7. The quantitative estimate of drug-likeness (QED) is 0.302. The maximum atomic E-state index is 14.1. The van der Waals surface area contributed by atoms with Crippen molar-refractivity contribution in [2.75, 3.05) is 6.61 Å². The molecule has 5 nitrogen and oxygen atoms in total. The number of carboxylic acids is 1. The van der Waals surface area contributed by atoms with Crippen molar-refractivity contribution in [3.63, 3.8) is 0 Å². The first kappa shape index (κ1) is 25.1. The maximum absolute atomic E-state index is 14.1. The van der Waals surface area contributed by atoms with E-state index >= 15 is 0 Å². The molecular formula is C30H22F3NO4. The highest BCUT2D eigenvalue weighted by Crippen LogP contribution is 2.44. The third-order valence-electron chi connectivity index (χ3n) is 6.62. The Kier molecular flexibility index (Phi) is 6.87. The zero-order valence-corrected chi connectivity index (χ0v) is 20.0. The molecule has 1 aliphatic rings. The van der Waals surface area contributed by atoms with Gasteiger partial charge in [-0.25, -0.2) is 22.8 Å². The summed E-state index contributed by atoms with van der Waals surface area (Å²) in [5, 5.41) is 12.0. The summed E-state index contributed by atoms with van der Waals surface area (Å²) in [5.41, 5.74) is 4.50. The van der Waals surface area contributed by atoms with Crippen molar-refractivity contribution in [1.29, 1.82) is 0 Å². The van der Waals surface area contributed by atoms with Crippen molar-refractivity contribution >= 4 is 12.1 Å². The number of alkyl carbamates (subject to hydrolysis) is 1. The zero-order valence-electron chi connectivity index (χ0n) is 20.0. The van der Waals surface area contributed by atoms with E-state index in [9.17, 15) is 27.9 Å². The number of carbonyl (C=O) groups excluding carboxylic acids is 1. The van der Waals surface area contributed by atoms with Crippen LogP contribution in [0.15, 0.2) is 84.9 Å². The standard InChI is InChI=1S/C30H22F3NO4/c31-19-14-25(32)28(26(33)15-19)18-11-9-17(10-12-18)13-27(29(35)36)34-30(37)38-16-24-22-7-3-1-5-20(22)21-6-2-4-8-23(21)24/h1-12,14-15,24,27H,13,16H2,(H,34,37)(H,35,36)/t27-/m0/s1. The number of hydrogen-bond donors (Lipinski definition) is 2. The van der Waals surface area contributed by atoms with Gasteiger partial charge in [0.2, 0.25) is 0 Å². The molecule has 192 valence electrons. The molecule has 0 saturated carbocycles. The van der Waals surface area contributed by atoms with Gasteiger partial charge in [0.15, 0.2) is 0 Å². The van der Waals surface area contributed by atoms with Gasteiger partial charge in [-0.3, -0.25) is 0 Å². The van der Waals surface area contributed by atoms with Crippen LogP contribution in [-0.4, -0.2) is 29.8 Å². The van der Waals surface area contributed by atoms with Gasteiger partial charge in [-0.1, -0.05) is 72.8 Å². The first-order chi connectivity index (χ1) is 18.3.